The summed E-state index contributed by atoms with van der Waals surface area (Å²) < 4.78 is 0. The molecular formula is C20H22ClN3O. The molecule has 2 aliphatic rings. The van der Waals surface area contributed by atoms with Gasteiger partial charge in [0.05, 0.1) is 11.3 Å². The van der Waals surface area contributed by atoms with Crippen LogP contribution in [0, 0.1) is 6.92 Å². The molecule has 2 heterocycles. The lowest BCUT2D eigenvalue weighted by Gasteiger charge is -2.46. The molecule has 0 bridgehead atoms. The van der Waals surface area contributed by atoms with Crippen molar-refractivity contribution in [2.75, 3.05) is 18.4 Å². The van der Waals surface area contributed by atoms with Crippen molar-refractivity contribution in [3.63, 3.8) is 0 Å². The molecule has 25 heavy (non-hydrogen) atoms. The van der Waals surface area contributed by atoms with Crippen molar-refractivity contribution in [3.05, 3.63) is 64.2 Å². The number of carbonyl (C=O) groups excluding carboxylic acids is 1. The van der Waals surface area contributed by atoms with Gasteiger partial charge in [0.15, 0.2) is 0 Å². The van der Waals surface area contributed by atoms with E-state index in [9.17, 15) is 4.79 Å². The van der Waals surface area contributed by atoms with Crippen molar-refractivity contribution in [2.24, 2.45) is 0 Å². The molecule has 4 rings (SSSR count). The number of likely N-dealkylation sites (tertiary alicyclic amines) is 1. The molecule has 0 atom stereocenters. The molecule has 1 amide bonds. The van der Waals surface area contributed by atoms with E-state index in [1.165, 1.54) is 5.56 Å². The highest BCUT2D eigenvalue weighted by Gasteiger charge is 2.40. The molecule has 1 saturated heterocycles. The van der Waals surface area contributed by atoms with Gasteiger partial charge < -0.3 is 10.6 Å². The normalized spacial score (nSPS) is 19.2. The number of halogens is 1. The molecule has 130 valence electrons. The Bertz CT molecular complexity index is 812. The first-order valence-corrected chi connectivity index (χ1v) is 9.10. The zero-order valence-electron chi connectivity index (χ0n) is 14.3. The number of benzene rings is 2. The fourth-order valence-corrected chi connectivity index (χ4v) is 4.03. The summed E-state index contributed by atoms with van der Waals surface area (Å²) in [5.74, 6) is 0.0285. The van der Waals surface area contributed by atoms with Crippen LogP contribution in [0.2, 0.25) is 5.02 Å². The minimum Gasteiger partial charge on any atom is -0.362 e. The summed E-state index contributed by atoms with van der Waals surface area (Å²) in [6, 6.07) is 13.9. The summed E-state index contributed by atoms with van der Waals surface area (Å²) in [6.07, 6.45) is 1.76. The Hall–Kier alpha value is -2.04. The predicted molar refractivity (Wildman–Crippen MR) is 101 cm³/mol. The second-order valence-corrected chi connectivity index (χ2v) is 7.50. The number of amides is 1. The van der Waals surface area contributed by atoms with Gasteiger partial charge in [-0.1, -0.05) is 35.9 Å². The van der Waals surface area contributed by atoms with E-state index in [0.29, 0.717) is 0 Å². The number of nitrogens with zero attached hydrogens (tertiary/aromatic N) is 1. The Morgan fingerprint density at radius 3 is 2.64 bits per heavy atom. The Labute approximate surface area is 153 Å². The van der Waals surface area contributed by atoms with Crippen molar-refractivity contribution < 1.29 is 4.79 Å². The lowest BCUT2D eigenvalue weighted by Crippen LogP contribution is -2.62. The maximum Gasteiger partial charge on any atom is 0.255 e. The van der Waals surface area contributed by atoms with Crippen LogP contribution in [0.4, 0.5) is 5.69 Å². The van der Waals surface area contributed by atoms with Crippen LogP contribution in [0.1, 0.15) is 34.3 Å². The fourth-order valence-electron chi connectivity index (χ4n) is 3.81. The number of para-hydroxylation sites is 1. The van der Waals surface area contributed by atoms with Gasteiger partial charge in [0.25, 0.3) is 5.91 Å². The largest absolute Gasteiger partial charge is 0.362 e. The first-order chi connectivity index (χ1) is 12.0. The van der Waals surface area contributed by atoms with Crippen LogP contribution in [0.15, 0.2) is 42.5 Å². The van der Waals surface area contributed by atoms with Crippen LogP contribution >= 0.6 is 11.6 Å². The molecular weight excluding hydrogens is 334 g/mol. The highest BCUT2D eigenvalue weighted by atomic mass is 35.5. The molecule has 2 aliphatic heterocycles. The highest BCUT2D eigenvalue weighted by molar-refractivity contribution is 6.30. The van der Waals surface area contributed by atoms with Crippen molar-refractivity contribution in [1.82, 2.24) is 10.2 Å². The summed E-state index contributed by atoms with van der Waals surface area (Å²) in [5.41, 5.74) is 3.74. The van der Waals surface area contributed by atoms with E-state index in [4.69, 9.17) is 11.6 Å². The third-order valence-corrected chi connectivity index (χ3v) is 5.47. The average molecular weight is 356 g/mol. The molecule has 2 aromatic rings. The van der Waals surface area contributed by atoms with Crippen LogP contribution in [0.25, 0.3) is 0 Å². The van der Waals surface area contributed by atoms with Crippen LogP contribution in [0.5, 0.6) is 0 Å². The Morgan fingerprint density at radius 1 is 1.12 bits per heavy atom. The Morgan fingerprint density at radius 2 is 1.88 bits per heavy atom. The predicted octanol–water partition coefficient (Wildman–Crippen LogP) is 3.80. The number of hydrogen-bond donors (Lipinski definition) is 2. The minimum absolute atomic E-state index is 0.0285. The number of aryl methyl sites for hydroxylation is 1. The zero-order chi connectivity index (χ0) is 17.4. The smallest absolute Gasteiger partial charge is 0.255 e. The quantitative estimate of drug-likeness (QED) is 0.861. The van der Waals surface area contributed by atoms with Crippen molar-refractivity contribution in [3.8, 4) is 0 Å². The maximum absolute atomic E-state index is 12.5. The van der Waals surface area contributed by atoms with E-state index >= 15 is 0 Å². The van der Waals surface area contributed by atoms with Gasteiger partial charge in [-0.15, -0.1) is 0 Å². The van der Waals surface area contributed by atoms with Gasteiger partial charge in [0, 0.05) is 37.5 Å². The van der Waals surface area contributed by atoms with E-state index < -0.39 is 0 Å². The number of anilines is 1. The van der Waals surface area contributed by atoms with Gasteiger partial charge in [-0.2, -0.15) is 0 Å². The summed E-state index contributed by atoms with van der Waals surface area (Å²) in [4.78, 5) is 15.0. The van der Waals surface area contributed by atoms with Crippen molar-refractivity contribution in [2.45, 2.75) is 32.0 Å². The zero-order valence-corrected chi connectivity index (χ0v) is 15.1. The van der Waals surface area contributed by atoms with Gasteiger partial charge in [-0.3, -0.25) is 9.69 Å². The second-order valence-electron chi connectivity index (χ2n) is 7.06. The Balaban J connectivity index is 1.46. The van der Waals surface area contributed by atoms with Gasteiger partial charge >= 0.3 is 0 Å². The van der Waals surface area contributed by atoms with E-state index in [1.807, 2.05) is 43.3 Å². The standard InChI is InChI=1S/C20H22ClN3O/c1-14-4-2-7-17-18(14)22-20(23-19(17)25)8-10-24(11-9-20)13-15-5-3-6-16(21)12-15/h2-7,12,22H,8-11,13H2,1H3,(H,23,25). The van der Waals surface area contributed by atoms with E-state index in [1.54, 1.807) is 0 Å². The van der Waals surface area contributed by atoms with Gasteiger partial charge in [-0.05, 0) is 36.2 Å². The molecule has 2 N–H and O–H groups in total. The molecule has 4 nitrogen and oxygen atoms in total. The van der Waals surface area contributed by atoms with E-state index in [-0.39, 0.29) is 11.6 Å². The molecule has 5 heteroatoms. The molecule has 1 fully saturated rings. The third-order valence-electron chi connectivity index (χ3n) is 5.24. The topological polar surface area (TPSA) is 44.4 Å². The summed E-state index contributed by atoms with van der Waals surface area (Å²) in [6.45, 7) is 4.80. The van der Waals surface area contributed by atoms with Crippen molar-refractivity contribution >= 4 is 23.2 Å². The van der Waals surface area contributed by atoms with Crippen LogP contribution in [-0.4, -0.2) is 29.6 Å². The lowest BCUT2D eigenvalue weighted by atomic mass is 9.91. The van der Waals surface area contributed by atoms with E-state index in [2.05, 4.69) is 21.6 Å². The first kappa shape index (κ1) is 16.4. The van der Waals surface area contributed by atoms with Gasteiger partial charge in [-0.25, -0.2) is 0 Å². The van der Waals surface area contributed by atoms with Crippen LogP contribution in [0.3, 0.4) is 0 Å². The minimum atomic E-state index is -0.332. The third kappa shape index (κ3) is 3.24. The summed E-state index contributed by atoms with van der Waals surface area (Å²) in [5, 5.41) is 7.61. The fraction of sp³-hybridized carbons (Fsp3) is 0.350. The average Bonchev–Trinajstić information content (AvgIpc) is 2.59. The summed E-state index contributed by atoms with van der Waals surface area (Å²) in [7, 11) is 0. The number of hydrogen-bond acceptors (Lipinski definition) is 3. The SMILES string of the molecule is Cc1cccc2c1NC1(CCN(Cc3cccc(Cl)c3)CC1)NC2=O. The van der Waals surface area contributed by atoms with Crippen LogP contribution in [-0.2, 0) is 6.54 Å². The molecule has 0 unspecified atom stereocenters. The van der Waals surface area contributed by atoms with Crippen LogP contribution < -0.4 is 10.6 Å². The molecule has 0 aliphatic carbocycles. The van der Waals surface area contributed by atoms with Gasteiger partial charge in [0.1, 0.15) is 5.66 Å². The molecule has 1 spiro atoms. The molecule has 0 aromatic heterocycles. The highest BCUT2D eigenvalue weighted by Crippen LogP contribution is 2.33. The number of carbonyl (C=O) groups is 1. The number of nitrogens with one attached hydrogen (secondary N) is 2. The second kappa shape index (κ2) is 6.36. The first-order valence-electron chi connectivity index (χ1n) is 8.72. The Kier molecular flexibility index (Phi) is 4.18. The number of fused-ring (bicyclic) bond motifs is 1. The number of rotatable bonds is 2. The lowest BCUT2D eigenvalue weighted by molar-refractivity contribution is 0.0822. The van der Waals surface area contributed by atoms with E-state index in [0.717, 1.165) is 54.3 Å². The number of piperidine rings is 1. The van der Waals surface area contributed by atoms with Crippen molar-refractivity contribution in [1.29, 1.82) is 0 Å². The molecule has 0 radical (unpaired) electrons. The maximum atomic E-state index is 12.5. The van der Waals surface area contributed by atoms with Gasteiger partial charge in [0.2, 0.25) is 0 Å². The molecule has 0 saturated carbocycles. The molecule has 2 aromatic carbocycles. The monoisotopic (exact) mass is 355 g/mol. The summed E-state index contributed by atoms with van der Waals surface area (Å²) >= 11 is 6.08.